The lowest BCUT2D eigenvalue weighted by Crippen LogP contribution is -2.34. The molecule has 122 valence electrons. The van der Waals surface area contributed by atoms with Crippen molar-refractivity contribution in [3.63, 3.8) is 0 Å². The maximum atomic E-state index is 13.0. The third-order valence-electron chi connectivity index (χ3n) is 3.98. The second kappa shape index (κ2) is 7.43. The number of hydrogen-bond donors (Lipinski definition) is 0. The molecular weight excluding hydrogens is 335 g/mol. The lowest BCUT2D eigenvalue weighted by Gasteiger charge is -2.21. The van der Waals surface area contributed by atoms with Crippen LogP contribution in [0.4, 0.5) is 4.39 Å². The summed E-state index contributed by atoms with van der Waals surface area (Å²) in [5.41, 5.74) is 1.09. The molecule has 0 spiro atoms. The van der Waals surface area contributed by atoms with Gasteiger partial charge in [-0.05, 0) is 36.2 Å². The highest BCUT2D eigenvalue weighted by atomic mass is 35.5. The van der Waals surface area contributed by atoms with Crippen LogP contribution in [0.15, 0.2) is 36.4 Å². The van der Waals surface area contributed by atoms with E-state index in [9.17, 15) is 9.18 Å². The summed E-state index contributed by atoms with van der Waals surface area (Å²) >= 11 is 7.24. The Kier molecular flexibility index (Phi) is 5.30. The van der Waals surface area contributed by atoms with Crippen LogP contribution in [-0.2, 0) is 6.54 Å². The smallest absolute Gasteiger partial charge is 0.264 e. The fraction of sp³-hybridized carbons (Fsp3) is 0.353. The second-order valence-electron chi connectivity index (χ2n) is 5.65. The van der Waals surface area contributed by atoms with Gasteiger partial charge in [0.1, 0.15) is 5.82 Å². The van der Waals surface area contributed by atoms with E-state index in [4.69, 9.17) is 11.6 Å². The average molecular weight is 353 g/mol. The predicted octanol–water partition coefficient (Wildman–Crippen LogP) is 3.89. The Morgan fingerprint density at radius 1 is 1.09 bits per heavy atom. The van der Waals surface area contributed by atoms with Gasteiger partial charge < -0.3 is 4.90 Å². The molecule has 23 heavy (non-hydrogen) atoms. The predicted molar refractivity (Wildman–Crippen MR) is 91.5 cm³/mol. The van der Waals surface area contributed by atoms with Gasteiger partial charge in [-0.1, -0.05) is 23.7 Å². The molecule has 0 atom stereocenters. The molecule has 1 aromatic heterocycles. The van der Waals surface area contributed by atoms with Crippen LogP contribution in [0.1, 0.15) is 21.7 Å². The van der Waals surface area contributed by atoms with Crippen molar-refractivity contribution < 1.29 is 9.18 Å². The molecule has 1 aromatic carbocycles. The van der Waals surface area contributed by atoms with Crippen molar-refractivity contribution in [2.45, 2.75) is 13.0 Å². The van der Waals surface area contributed by atoms with Crippen molar-refractivity contribution in [1.82, 2.24) is 9.80 Å². The minimum Gasteiger partial charge on any atom is -0.337 e. The SMILES string of the molecule is O=C(c1ccc(Cl)s1)N1CCCN(Cc2ccc(F)cc2)CC1. The Bertz CT molecular complexity index is 673. The first kappa shape index (κ1) is 16.4. The van der Waals surface area contributed by atoms with Crippen molar-refractivity contribution in [2.24, 2.45) is 0 Å². The number of rotatable bonds is 3. The van der Waals surface area contributed by atoms with Gasteiger partial charge in [0.25, 0.3) is 5.91 Å². The first-order valence-corrected chi connectivity index (χ1v) is 8.83. The molecule has 6 heteroatoms. The number of halogens is 2. The number of nitrogens with zero attached hydrogens (tertiary/aromatic N) is 2. The van der Waals surface area contributed by atoms with Crippen LogP contribution >= 0.6 is 22.9 Å². The van der Waals surface area contributed by atoms with Gasteiger partial charge in [-0.25, -0.2) is 4.39 Å². The van der Waals surface area contributed by atoms with Crippen LogP contribution < -0.4 is 0 Å². The molecule has 0 aliphatic carbocycles. The zero-order valence-electron chi connectivity index (χ0n) is 12.7. The van der Waals surface area contributed by atoms with Gasteiger partial charge in [-0.15, -0.1) is 11.3 Å². The summed E-state index contributed by atoms with van der Waals surface area (Å²) in [4.78, 5) is 17.4. The van der Waals surface area contributed by atoms with E-state index >= 15 is 0 Å². The molecule has 0 unspecified atom stereocenters. The molecule has 1 fully saturated rings. The topological polar surface area (TPSA) is 23.6 Å². The van der Waals surface area contributed by atoms with Crippen LogP contribution in [-0.4, -0.2) is 41.9 Å². The summed E-state index contributed by atoms with van der Waals surface area (Å²) in [6, 6.07) is 10.2. The molecule has 3 nitrogen and oxygen atoms in total. The number of thiophene rings is 1. The van der Waals surface area contributed by atoms with Crippen molar-refractivity contribution in [3.8, 4) is 0 Å². The highest BCUT2D eigenvalue weighted by molar-refractivity contribution is 7.17. The van der Waals surface area contributed by atoms with E-state index in [1.807, 2.05) is 17.0 Å². The van der Waals surface area contributed by atoms with Gasteiger partial charge in [-0.3, -0.25) is 9.69 Å². The van der Waals surface area contributed by atoms with E-state index < -0.39 is 0 Å². The molecule has 2 heterocycles. The van der Waals surface area contributed by atoms with Gasteiger partial charge in [0.05, 0.1) is 9.21 Å². The minimum atomic E-state index is -0.212. The maximum absolute atomic E-state index is 13.0. The molecule has 1 amide bonds. The van der Waals surface area contributed by atoms with E-state index in [1.54, 1.807) is 12.1 Å². The van der Waals surface area contributed by atoms with Crippen molar-refractivity contribution in [2.75, 3.05) is 26.2 Å². The lowest BCUT2D eigenvalue weighted by molar-refractivity contribution is 0.0766. The fourth-order valence-electron chi connectivity index (χ4n) is 2.77. The van der Waals surface area contributed by atoms with Crippen LogP contribution in [0.3, 0.4) is 0 Å². The summed E-state index contributed by atoms with van der Waals surface area (Å²) < 4.78 is 13.6. The Hall–Kier alpha value is -1.43. The Labute approximate surface area is 144 Å². The number of hydrogen-bond acceptors (Lipinski definition) is 3. The van der Waals surface area contributed by atoms with E-state index in [1.165, 1.54) is 23.5 Å². The minimum absolute atomic E-state index is 0.0607. The number of carbonyl (C=O) groups is 1. The Morgan fingerprint density at radius 2 is 1.87 bits per heavy atom. The van der Waals surface area contributed by atoms with Gasteiger partial charge in [0.15, 0.2) is 0 Å². The first-order valence-electron chi connectivity index (χ1n) is 7.63. The normalized spacial score (nSPS) is 16.3. The van der Waals surface area contributed by atoms with Gasteiger partial charge >= 0.3 is 0 Å². The fourth-order valence-corrected chi connectivity index (χ4v) is 3.78. The first-order chi connectivity index (χ1) is 11.1. The quantitative estimate of drug-likeness (QED) is 0.836. The molecule has 0 radical (unpaired) electrons. The summed E-state index contributed by atoms with van der Waals surface area (Å²) in [5.74, 6) is -0.151. The maximum Gasteiger partial charge on any atom is 0.264 e. The highest BCUT2D eigenvalue weighted by Gasteiger charge is 2.21. The molecule has 1 aliphatic heterocycles. The van der Waals surface area contributed by atoms with Crippen LogP contribution in [0, 0.1) is 5.82 Å². The van der Waals surface area contributed by atoms with Crippen molar-refractivity contribution >= 4 is 28.8 Å². The van der Waals surface area contributed by atoms with E-state index in [0.29, 0.717) is 15.8 Å². The summed E-state index contributed by atoms with van der Waals surface area (Å²) in [6.45, 7) is 4.01. The zero-order chi connectivity index (χ0) is 16.2. The van der Waals surface area contributed by atoms with Gasteiger partial charge in [-0.2, -0.15) is 0 Å². The number of carbonyl (C=O) groups excluding carboxylic acids is 1. The van der Waals surface area contributed by atoms with Crippen molar-refractivity contribution in [3.05, 3.63) is 57.0 Å². The Morgan fingerprint density at radius 3 is 2.57 bits per heavy atom. The van der Waals surface area contributed by atoms with Crippen LogP contribution in [0.5, 0.6) is 0 Å². The lowest BCUT2D eigenvalue weighted by atomic mass is 10.2. The van der Waals surface area contributed by atoms with Crippen LogP contribution in [0.2, 0.25) is 4.34 Å². The second-order valence-corrected chi connectivity index (χ2v) is 7.37. The summed E-state index contributed by atoms with van der Waals surface area (Å²) in [5, 5.41) is 0. The molecule has 0 N–H and O–H groups in total. The third-order valence-corrected chi connectivity index (χ3v) is 5.20. The zero-order valence-corrected chi connectivity index (χ0v) is 14.2. The number of benzene rings is 1. The highest BCUT2D eigenvalue weighted by Crippen LogP contribution is 2.23. The molecule has 1 saturated heterocycles. The molecule has 0 bridgehead atoms. The standard InChI is InChI=1S/C17H18ClFN2OS/c18-16-7-6-15(23-16)17(22)21-9-1-8-20(10-11-21)12-13-2-4-14(19)5-3-13/h2-7H,1,8-12H2. The molecule has 2 aromatic rings. The average Bonchev–Trinajstić information content (AvgIpc) is 2.84. The van der Waals surface area contributed by atoms with Crippen LogP contribution in [0.25, 0.3) is 0 Å². The monoisotopic (exact) mass is 352 g/mol. The summed E-state index contributed by atoms with van der Waals surface area (Å²) in [7, 11) is 0. The molecular formula is C17H18ClFN2OS. The molecule has 1 aliphatic rings. The van der Waals surface area contributed by atoms with Gasteiger partial charge in [0.2, 0.25) is 0 Å². The van der Waals surface area contributed by atoms with Gasteiger partial charge in [0, 0.05) is 32.7 Å². The van der Waals surface area contributed by atoms with E-state index in [-0.39, 0.29) is 11.7 Å². The summed E-state index contributed by atoms with van der Waals surface area (Å²) in [6.07, 6.45) is 0.937. The third kappa shape index (κ3) is 4.31. The molecule has 3 rings (SSSR count). The Balaban J connectivity index is 1.58. The number of amides is 1. The molecule has 0 saturated carbocycles. The largest absolute Gasteiger partial charge is 0.337 e. The van der Waals surface area contributed by atoms with E-state index in [2.05, 4.69) is 4.90 Å². The van der Waals surface area contributed by atoms with Crippen molar-refractivity contribution in [1.29, 1.82) is 0 Å². The van der Waals surface area contributed by atoms with E-state index in [0.717, 1.165) is 38.2 Å².